The molecule has 5 rings (SSSR count). The number of pyridine rings is 1. The van der Waals surface area contributed by atoms with Crippen molar-refractivity contribution in [3.05, 3.63) is 64.6 Å². The lowest BCUT2D eigenvalue weighted by Gasteiger charge is -2.15. The number of fused-ring (bicyclic) bond motifs is 3. The summed E-state index contributed by atoms with van der Waals surface area (Å²) in [5, 5.41) is 5.71. The summed E-state index contributed by atoms with van der Waals surface area (Å²) in [6, 6.07) is 15.5. The summed E-state index contributed by atoms with van der Waals surface area (Å²) in [5.41, 5.74) is 2.73. The fraction of sp³-hybridized carbons (Fsp3) is 0.240. The van der Waals surface area contributed by atoms with E-state index in [2.05, 4.69) is 10.3 Å². The van der Waals surface area contributed by atoms with Gasteiger partial charge in [-0.1, -0.05) is 41.9 Å². The minimum atomic E-state index is -0.104. The van der Waals surface area contributed by atoms with Crippen LogP contribution in [0.25, 0.3) is 32.1 Å². The molecular weight excluding hydrogens is 442 g/mol. The summed E-state index contributed by atoms with van der Waals surface area (Å²) in [6.07, 6.45) is 4.16. The topological polar surface area (TPSA) is 62.3 Å². The van der Waals surface area contributed by atoms with E-state index >= 15 is 0 Å². The first-order chi connectivity index (χ1) is 15.6. The predicted molar refractivity (Wildman–Crippen MR) is 130 cm³/mol. The van der Waals surface area contributed by atoms with Gasteiger partial charge in [-0.2, -0.15) is 0 Å². The third kappa shape index (κ3) is 3.96. The van der Waals surface area contributed by atoms with Gasteiger partial charge in [0, 0.05) is 58.3 Å². The largest absolute Gasteiger partial charge is 0.351 e. The Morgan fingerprint density at radius 1 is 1.12 bits per heavy atom. The summed E-state index contributed by atoms with van der Waals surface area (Å²) in [4.78, 5) is 32.2. The second kappa shape index (κ2) is 8.88. The number of benzene rings is 2. The number of nitrogens with zero attached hydrogens (tertiary/aromatic N) is 2. The summed E-state index contributed by atoms with van der Waals surface area (Å²) in [7, 11) is 0. The molecule has 2 amide bonds. The van der Waals surface area contributed by atoms with Crippen LogP contribution in [-0.4, -0.2) is 41.3 Å². The Labute approximate surface area is 195 Å². The van der Waals surface area contributed by atoms with Crippen LogP contribution < -0.4 is 5.32 Å². The quantitative estimate of drug-likeness (QED) is 0.383. The van der Waals surface area contributed by atoms with Crippen molar-refractivity contribution in [2.45, 2.75) is 19.3 Å². The molecule has 0 bridgehead atoms. The van der Waals surface area contributed by atoms with Crippen LogP contribution in [0, 0.1) is 0 Å². The van der Waals surface area contributed by atoms with Crippen LogP contribution in [0.15, 0.2) is 54.7 Å². The molecule has 0 saturated carbocycles. The number of aromatic nitrogens is 1. The highest BCUT2D eigenvalue weighted by Crippen LogP contribution is 2.41. The second-order valence-corrected chi connectivity index (χ2v) is 9.38. The van der Waals surface area contributed by atoms with Gasteiger partial charge in [0.05, 0.1) is 5.52 Å². The van der Waals surface area contributed by atoms with Crippen LogP contribution in [0.1, 0.15) is 28.9 Å². The van der Waals surface area contributed by atoms with Crippen molar-refractivity contribution in [1.82, 2.24) is 15.2 Å². The van der Waals surface area contributed by atoms with E-state index in [0.29, 0.717) is 29.4 Å². The molecule has 1 saturated heterocycles. The zero-order chi connectivity index (χ0) is 22.1. The average molecular weight is 464 g/mol. The Bertz CT molecular complexity index is 1320. The molecule has 0 spiro atoms. The number of nitrogens with one attached hydrogen (secondary N) is 1. The van der Waals surface area contributed by atoms with Crippen LogP contribution in [0.5, 0.6) is 0 Å². The fourth-order valence-electron chi connectivity index (χ4n) is 4.24. The Hall–Kier alpha value is -2.96. The first-order valence-corrected chi connectivity index (χ1v) is 11.9. The highest BCUT2D eigenvalue weighted by Gasteiger charge is 2.22. The van der Waals surface area contributed by atoms with Crippen molar-refractivity contribution >= 4 is 55.7 Å². The molecule has 0 radical (unpaired) electrons. The van der Waals surface area contributed by atoms with Gasteiger partial charge in [0.25, 0.3) is 5.91 Å². The van der Waals surface area contributed by atoms with E-state index in [4.69, 9.17) is 11.6 Å². The second-order valence-electron chi connectivity index (χ2n) is 7.93. The number of amides is 2. The maximum Gasteiger partial charge on any atom is 0.262 e. The SMILES string of the molecule is O=C(NCCCN1CCCC1=O)c1sc2c(cnc3ccccc32)c1-c1ccc(Cl)cc1. The maximum atomic E-state index is 13.2. The Kier molecular flexibility index (Phi) is 5.81. The third-order valence-electron chi connectivity index (χ3n) is 5.83. The van der Waals surface area contributed by atoms with Crippen molar-refractivity contribution < 1.29 is 9.59 Å². The number of hydrogen-bond acceptors (Lipinski definition) is 4. The summed E-state index contributed by atoms with van der Waals surface area (Å²) < 4.78 is 1.05. The lowest BCUT2D eigenvalue weighted by Crippen LogP contribution is -2.30. The minimum absolute atomic E-state index is 0.104. The van der Waals surface area contributed by atoms with Crippen molar-refractivity contribution in [3.8, 4) is 11.1 Å². The number of thiophene rings is 1. The van der Waals surface area contributed by atoms with Crippen molar-refractivity contribution in [2.24, 2.45) is 0 Å². The molecule has 5 nitrogen and oxygen atoms in total. The molecule has 1 aliphatic heterocycles. The number of halogens is 1. The summed E-state index contributed by atoms with van der Waals surface area (Å²) >= 11 is 7.60. The molecule has 162 valence electrons. The molecule has 0 aliphatic carbocycles. The Morgan fingerprint density at radius 3 is 2.72 bits per heavy atom. The molecule has 3 heterocycles. The van der Waals surface area contributed by atoms with Crippen LogP contribution in [0.2, 0.25) is 5.02 Å². The molecule has 1 fully saturated rings. The summed E-state index contributed by atoms with van der Waals surface area (Å²) in [6.45, 7) is 2.03. The normalized spacial score (nSPS) is 13.9. The van der Waals surface area contributed by atoms with Gasteiger partial charge < -0.3 is 10.2 Å². The first-order valence-electron chi connectivity index (χ1n) is 10.7. The highest BCUT2D eigenvalue weighted by molar-refractivity contribution is 7.22. The zero-order valence-electron chi connectivity index (χ0n) is 17.4. The van der Waals surface area contributed by atoms with Gasteiger partial charge in [0.2, 0.25) is 5.91 Å². The number of hydrogen-bond donors (Lipinski definition) is 1. The fourth-order valence-corrected chi connectivity index (χ4v) is 5.61. The Balaban J connectivity index is 1.47. The van der Waals surface area contributed by atoms with Crippen LogP contribution in [0.3, 0.4) is 0 Å². The van der Waals surface area contributed by atoms with Crippen LogP contribution in [-0.2, 0) is 4.79 Å². The van der Waals surface area contributed by atoms with Gasteiger partial charge in [-0.3, -0.25) is 14.6 Å². The highest BCUT2D eigenvalue weighted by atomic mass is 35.5. The molecule has 7 heteroatoms. The van der Waals surface area contributed by atoms with Gasteiger partial charge in [-0.05, 0) is 36.6 Å². The van der Waals surface area contributed by atoms with E-state index in [-0.39, 0.29) is 11.8 Å². The number of likely N-dealkylation sites (tertiary alicyclic amines) is 1. The average Bonchev–Trinajstić information content (AvgIpc) is 3.40. The van der Waals surface area contributed by atoms with Gasteiger partial charge in [0.1, 0.15) is 4.88 Å². The zero-order valence-corrected chi connectivity index (χ0v) is 19.0. The lowest BCUT2D eigenvalue weighted by molar-refractivity contribution is -0.127. The smallest absolute Gasteiger partial charge is 0.262 e. The molecule has 1 aliphatic rings. The van der Waals surface area contributed by atoms with Gasteiger partial charge in [-0.15, -0.1) is 11.3 Å². The van der Waals surface area contributed by atoms with Gasteiger partial charge >= 0.3 is 0 Å². The first kappa shape index (κ1) is 20.9. The van der Waals surface area contributed by atoms with E-state index in [1.165, 1.54) is 11.3 Å². The van der Waals surface area contributed by atoms with Crippen molar-refractivity contribution in [1.29, 1.82) is 0 Å². The van der Waals surface area contributed by atoms with Gasteiger partial charge in [-0.25, -0.2) is 0 Å². The van der Waals surface area contributed by atoms with E-state index < -0.39 is 0 Å². The Morgan fingerprint density at radius 2 is 1.94 bits per heavy atom. The van der Waals surface area contributed by atoms with Crippen molar-refractivity contribution in [2.75, 3.05) is 19.6 Å². The molecule has 4 aromatic rings. The number of carbonyl (C=O) groups excluding carboxylic acids is 2. The lowest BCUT2D eigenvalue weighted by atomic mass is 10.0. The van der Waals surface area contributed by atoms with Crippen molar-refractivity contribution in [3.63, 3.8) is 0 Å². The molecular formula is C25H22ClN3O2S. The molecule has 2 aromatic carbocycles. The van der Waals surface area contributed by atoms with Crippen LogP contribution in [0.4, 0.5) is 0 Å². The van der Waals surface area contributed by atoms with E-state index in [9.17, 15) is 9.59 Å². The third-order valence-corrected chi connectivity index (χ3v) is 7.32. The monoisotopic (exact) mass is 463 g/mol. The molecule has 1 N–H and O–H groups in total. The number of carbonyl (C=O) groups is 2. The minimum Gasteiger partial charge on any atom is -0.351 e. The summed E-state index contributed by atoms with van der Waals surface area (Å²) in [5.74, 6) is 0.109. The number of rotatable bonds is 6. The molecule has 2 aromatic heterocycles. The van der Waals surface area contributed by atoms with E-state index in [1.807, 2.05) is 59.6 Å². The maximum absolute atomic E-state index is 13.2. The number of para-hydroxylation sites is 1. The van der Waals surface area contributed by atoms with E-state index in [1.54, 1.807) is 0 Å². The van der Waals surface area contributed by atoms with Crippen LogP contribution >= 0.6 is 22.9 Å². The molecule has 0 atom stereocenters. The predicted octanol–water partition coefficient (Wildman–Crippen LogP) is 5.51. The molecule has 0 unspecified atom stereocenters. The van der Waals surface area contributed by atoms with E-state index in [0.717, 1.165) is 51.5 Å². The van der Waals surface area contributed by atoms with Gasteiger partial charge in [0.15, 0.2) is 0 Å². The molecule has 32 heavy (non-hydrogen) atoms. The standard InChI is InChI=1S/C25H22ClN3O2S/c26-17-10-8-16(9-11-17)22-19-15-28-20-6-2-1-5-18(20)23(19)32-24(22)25(31)27-12-4-14-29-13-3-7-21(29)30/h1-2,5-6,8-11,15H,3-4,7,12-14H2,(H,27,31).